The second-order valence-electron chi connectivity index (χ2n) is 5.97. The van der Waals surface area contributed by atoms with Gasteiger partial charge in [-0.15, -0.1) is 0 Å². The van der Waals surface area contributed by atoms with Crippen LogP contribution in [0, 0.1) is 5.92 Å². The summed E-state index contributed by atoms with van der Waals surface area (Å²) in [7, 11) is 0. The van der Waals surface area contributed by atoms with Crippen molar-refractivity contribution < 1.29 is 4.74 Å². The number of nitrogens with one attached hydrogen (secondary N) is 1. The smallest absolute Gasteiger partial charge is 0.119 e. The third kappa shape index (κ3) is 5.76. The summed E-state index contributed by atoms with van der Waals surface area (Å²) >= 11 is 2.07. The first-order chi connectivity index (χ1) is 9.74. The summed E-state index contributed by atoms with van der Waals surface area (Å²) < 4.78 is 5.74. The molecule has 1 saturated heterocycles. The molecular formula is C17H27NOS. The van der Waals surface area contributed by atoms with Gasteiger partial charge in [-0.25, -0.2) is 0 Å². The Balaban J connectivity index is 1.70. The Morgan fingerprint density at radius 1 is 1.30 bits per heavy atom. The third-order valence-corrected chi connectivity index (χ3v) is 4.86. The van der Waals surface area contributed by atoms with Gasteiger partial charge in [0.1, 0.15) is 5.75 Å². The number of rotatable bonds is 7. The van der Waals surface area contributed by atoms with Crippen molar-refractivity contribution in [3.05, 3.63) is 29.8 Å². The highest BCUT2D eigenvalue weighted by Gasteiger charge is 2.12. The van der Waals surface area contributed by atoms with Crippen LogP contribution in [0.3, 0.4) is 0 Å². The van der Waals surface area contributed by atoms with Crippen molar-refractivity contribution in [1.29, 1.82) is 0 Å². The molecule has 1 atom stereocenters. The standard InChI is InChI=1S/C17H27NOS/c1-14(2)9-10-19-17-7-5-15(6-8-17)12-18-16-4-3-11-20-13-16/h5-8,14,16,18H,3-4,9-13H2,1-2H3. The Bertz CT molecular complexity index is 371. The van der Waals surface area contributed by atoms with E-state index in [1.165, 1.54) is 29.9 Å². The van der Waals surface area contributed by atoms with Crippen molar-refractivity contribution in [3.63, 3.8) is 0 Å². The van der Waals surface area contributed by atoms with Gasteiger partial charge in [-0.1, -0.05) is 26.0 Å². The van der Waals surface area contributed by atoms with Gasteiger partial charge in [0.25, 0.3) is 0 Å². The van der Waals surface area contributed by atoms with Crippen LogP contribution < -0.4 is 10.1 Å². The Morgan fingerprint density at radius 3 is 2.75 bits per heavy atom. The van der Waals surface area contributed by atoms with E-state index in [0.717, 1.165) is 25.3 Å². The molecule has 0 bridgehead atoms. The number of benzene rings is 1. The van der Waals surface area contributed by atoms with Crippen LogP contribution >= 0.6 is 11.8 Å². The lowest BCUT2D eigenvalue weighted by Gasteiger charge is -2.22. The van der Waals surface area contributed by atoms with Crippen LogP contribution in [0.15, 0.2) is 24.3 Å². The number of ether oxygens (including phenoxy) is 1. The van der Waals surface area contributed by atoms with Crippen LogP contribution in [0.4, 0.5) is 0 Å². The van der Waals surface area contributed by atoms with E-state index in [1.807, 2.05) is 0 Å². The molecule has 2 nitrogen and oxygen atoms in total. The van der Waals surface area contributed by atoms with Crippen LogP contribution in [0.1, 0.15) is 38.7 Å². The molecule has 0 spiro atoms. The molecule has 1 unspecified atom stereocenters. The molecule has 0 radical (unpaired) electrons. The fourth-order valence-corrected chi connectivity index (χ4v) is 3.39. The Morgan fingerprint density at radius 2 is 2.10 bits per heavy atom. The maximum atomic E-state index is 5.74. The molecule has 0 saturated carbocycles. The summed E-state index contributed by atoms with van der Waals surface area (Å²) in [4.78, 5) is 0. The second-order valence-corrected chi connectivity index (χ2v) is 7.12. The summed E-state index contributed by atoms with van der Waals surface area (Å²) in [5, 5.41) is 3.65. The minimum Gasteiger partial charge on any atom is -0.494 e. The molecule has 0 amide bonds. The Kier molecular flexibility index (Phi) is 6.74. The molecule has 1 fully saturated rings. The molecular weight excluding hydrogens is 266 g/mol. The van der Waals surface area contributed by atoms with Crippen molar-refractivity contribution in [2.24, 2.45) is 5.92 Å². The third-order valence-electron chi connectivity index (χ3n) is 3.64. The van der Waals surface area contributed by atoms with Gasteiger partial charge in [0.2, 0.25) is 0 Å². The molecule has 1 N–H and O–H groups in total. The van der Waals surface area contributed by atoms with Crippen molar-refractivity contribution in [2.45, 2.75) is 45.7 Å². The van der Waals surface area contributed by atoms with Crippen LogP contribution in [-0.2, 0) is 6.54 Å². The fourth-order valence-electron chi connectivity index (χ4n) is 2.28. The SMILES string of the molecule is CC(C)CCOc1ccc(CNC2CCCSC2)cc1. The summed E-state index contributed by atoms with van der Waals surface area (Å²) in [5.74, 6) is 4.28. The largest absolute Gasteiger partial charge is 0.494 e. The molecule has 1 aliphatic heterocycles. The van der Waals surface area contributed by atoms with Crippen LogP contribution in [0.2, 0.25) is 0 Å². The zero-order valence-electron chi connectivity index (χ0n) is 12.7. The van der Waals surface area contributed by atoms with Crippen molar-refractivity contribution >= 4 is 11.8 Å². The monoisotopic (exact) mass is 293 g/mol. The quantitative estimate of drug-likeness (QED) is 0.818. The average molecular weight is 293 g/mol. The van der Waals surface area contributed by atoms with Gasteiger partial charge in [-0.3, -0.25) is 0 Å². The maximum absolute atomic E-state index is 5.74. The van der Waals surface area contributed by atoms with Gasteiger partial charge in [-0.2, -0.15) is 11.8 Å². The van der Waals surface area contributed by atoms with Gasteiger partial charge in [0.15, 0.2) is 0 Å². The molecule has 0 aromatic heterocycles. The van der Waals surface area contributed by atoms with E-state index in [-0.39, 0.29) is 0 Å². The van der Waals surface area contributed by atoms with E-state index in [9.17, 15) is 0 Å². The first-order valence-corrected chi connectivity index (χ1v) is 8.92. The molecule has 1 aliphatic rings. The Labute approximate surface area is 127 Å². The topological polar surface area (TPSA) is 21.3 Å². The Hall–Kier alpha value is -0.670. The molecule has 1 heterocycles. The summed E-state index contributed by atoms with van der Waals surface area (Å²) in [6, 6.07) is 9.22. The average Bonchev–Trinajstić information content (AvgIpc) is 2.47. The predicted octanol–water partition coefficient (Wildman–Crippen LogP) is 4.10. The minimum absolute atomic E-state index is 0.690. The van der Waals surface area contributed by atoms with E-state index in [4.69, 9.17) is 4.74 Å². The zero-order valence-corrected chi connectivity index (χ0v) is 13.5. The highest BCUT2D eigenvalue weighted by atomic mass is 32.2. The number of hydrogen-bond acceptors (Lipinski definition) is 3. The summed E-state index contributed by atoms with van der Waals surface area (Å²) in [6.07, 6.45) is 3.79. The van der Waals surface area contributed by atoms with Crippen molar-refractivity contribution in [2.75, 3.05) is 18.1 Å². The lowest BCUT2D eigenvalue weighted by Crippen LogP contribution is -2.33. The van der Waals surface area contributed by atoms with Crippen molar-refractivity contribution in [3.8, 4) is 5.75 Å². The highest BCUT2D eigenvalue weighted by molar-refractivity contribution is 7.99. The first kappa shape index (κ1) is 15.7. The van der Waals surface area contributed by atoms with E-state index >= 15 is 0 Å². The lowest BCUT2D eigenvalue weighted by atomic mass is 10.1. The highest BCUT2D eigenvalue weighted by Crippen LogP contribution is 2.18. The van der Waals surface area contributed by atoms with E-state index in [0.29, 0.717) is 12.0 Å². The van der Waals surface area contributed by atoms with Gasteiger partial charge >= 0.3 is 0 Å². The van der Waals surface area contributed by atoms with Gasteiger partial charge in [-0.05, 0) is 48.6 Å². The van der Waals surface area contributed by atoms with E-state index in [1.54, 1.807) is 0 Å². The predicted molar refractivity (Wildman–Crippen MR) is 88.6 cm³/mol. The molecule has 20 heavy (non-hydrogen) atoms. The zero-order chi connectivity index (χ0) is 14.2. The molecule has 1 aromatic carbocycles. The van der Waals surface area contributed by atoms with Crippen LogP contribution in [0.25, 0.3) is 0 Å². The number of thioether (sulfide) groups is 1. The summed E-state index contributed by atoms with van der Waals surface area (Å²) in [5.41, 5.74) is 1.34. The normalized spacial score (nSPS) is 19.2. The van der Waals surface area contributed by atoms with E-state index in [2.05, 4.69) is 55.2 Å². The minimum atomic E-state index is 0.690. The second kappa shape index (κ2) is 8.58. The number of hydrogen-bond donors (Lipinski definition) is 1. The van der Waals surface area contributed by atoms with Gasteiger partial charge in [0, 0.05) is 18.3 Å². The lowest BCUT2D eigenvalue weighted by molar-refractivity contribution is 0.289. The maximum Gasteiger partial charge on any atom is 0.119 e. The van der Waals surface area contributed by atoms with E-state index < -0.39 is 0 Å². The fraction of sp³-hybridized carbons (Fsp3) is 0.647. The molecule has 2 rings (SSSR count). The first-order valence-electron chi connectivity index (χ1n) is 7.77. The van der Waals surface area contributed by atoms with Crippen LogP contribution in [-0.4, -0.2) is 24.2 Å². The van der Waals surface area contributed by atoms with Crippen LogP contribution in [0.5, 0.6) is 5.75 Å². The molecule has 112 valence electrons. The van der Waals surface area contributed by atoms with Crippen molar-refractivity contribution in [1.82, 2.24) is 5.32 Å². The molecule has 1 aromatic rings. The molecule has 0 aliphatic carbocycles. The van der Waals surface area contributed by atoms with Gasteiger partial charge in [0.05, 0.1) is 6.61 Å². The summed E-state index contributed by atoms with van der Waals surface area (Å²) in [6.45, 7) is 6.23. The van der Waals surface area contributed by atoms with Gasteiger partial charge < -0.3 is 10.1 Å². The molecule has 3 heteroatoms.